The van der Waals surface area contributed by atoms with Crippen LogP contribution in [0.1, 0.15) is 11.4 Å². The maximum absolute atomic E-state index is 9.45. The van der Waals surface area contributed by atoms with Crippen molar-refractivity contribution in [2.24, 2.45) is 5.10 Å². The summed E-state index contributed by atoms with van der Waals surface area (Å²) in [6.45, 7) is 1.73. The van der Waals surface area contributed by atoms with Crippen LogP contribution in [-0.2, 0) is 0 Å². The van der Waals surface area contributed by atoms with Crippen molar-refractivity contribution in [1.82, 2.24) is 14.9 Å². The van der Waals surface area contributed by atoms with Crippen LogP contribution in [0.3, 0.4) is 0 Å². The lowest BCUT2D eigenvalue weighted by Gasteiger charge is -2.03. The first-order valence-electron chi connectivity index (χ1n) is 5.45. The van der Waals surface area contributed by atoms with E-state index < -0.39 is 0 Å². The molecule has 0 aliphatic carbocycles. The number of aromatic hydroxyl groups is 1. The Labute approximate surface area is 109 Å². The Kier molecular flexibility index (Phi) is 3.51. The Bertz CT molecular complexity index is 607. The zero-order valence-electron chi connectivity index (χ0n) is 10.5. The number of aromatic nitrogens is 3. The number of aryl methyl sites for hydroxylation is 1. The van der Waals surface area contributed by atoms with Crippen molar-refractivity contribution < 1.29 is 9.84 Å². The van der Waals surface area contributed by atoms with E-state index in [4.69, 9.17) is 10.6 Å². The molecule has 19 heavy (non-hydrogen) atoms. The van der Waals surface area contributed by atoms with Crippen LogP contribution in [0.15, 0.2) is 23.3 Å². The van der Waals surface area contributed by atoms with E-state index in [0.717, 1.165) is 5.56 Å². The summed E-state index contributed by atoms with van der Waals surface area (Å²) in [6, 6.07) is 4.87. The number of nitrogens with one attached hydrogen (secondary N) is 1. The number of hydrogen-bond acceptors (Lipinski definition) is 7. The van der Waals surface area contributed by atoms with Gasteiger partial charge in [-0.25, -0.2) is 10.1 Å². The second-order valence-electron chi connectivity index (χ2n) is 3.74. The van der Waals surface area contributed by atoms with Crippen LogP contribution in [0.4, 0.5) is 5.95 Å². The van der Waals surface area contributed by atoms with Gasteiger partial charge in [0.2, 0.25) is 0 Å². The van der Waals surface area contributed by atoms with Crippen molar-refractivity contribution in [3.05, 3.63) is 29.6 Å². The third kappa shape index (κ3) is 2.73. The SMILES string of the molecule is COc1cc(C=NNc2nnc(C)n2N)ccc1O. The Morgan fingerprint density at radius 1 is 1.47 bits per heavy atom. The molecule has 0 aliphatic heterocycles. The number of ether oxygens (including phenoxy) is 1. The molecular weight excluding hydrogens is 248 g/mol. The number of methoxy groups -OCH3 is 1. The Hall–Kier alpha value is -2.77. The molecule has 0 bridgehead atoms. The molecule has 2 aromatic rings. The first-order valence-corrected chi connectivity index (χ1v) is 5.45. The lowest BCUT2D eigenvalue weighted by Crippen LogP contribution is -2.13. The molecular formula is C11H14N6O2. The van der Waals surface area contributed by atoms with Gasteiger partial charge in [-0.2, -0.15) is 5.10 Å². The Morgan fingerprint density at radius 2 is 2.26 bits per heavy atom. The van der Waals surface area contributed by atoms with Crippen molar-refractivity contribution in [3.8, 4) is 11.5 Å². The summed E-state index contributed by atoms with van der Waals surface area (Å²) in [7, 11) is 1.48. The van der Waals surface area contributed by atoms with Gasteiger partial charge in [-0.15, -0.1) is 10.2 Å². The molecule has 4 N–H and O–H groups in total. The zero-order chi connectivity index (χ0) is 13.8. The third-order valence-electron chi connectivity index (χ3n) is 2.45. The Morgan fingerprint density at radius 3 is 2.89 bits per heavy atom. The standard InChI is InChI=1S/C11H14N6O2/c1-7-14-16-11(17(7)12)15-13-6-8-3-4-9(18)10(5-8)19-2/h3-6,18H,12H2,1-2H3,(H,15,16). The normalized spacial score (nSPS) is 10.8. The number of phenols is 1. The smallest absolute Gasteiger partial charge is 0.263 e. The highest BCUT2D eigenvalue weighted by Crippen LogP contribution is 2.25. The number of anilines is 1. The van der Waals surface area contributed by atoms with E-state index in [1.54, 1.807) is 25.3 Å². The van der Waals surface area contributed by atoms with Crippen molar-refractivity contribution in [2.75, 3.05) is 18.4 Å². The summed E-state index contributed by atoms with van der Waals surface area (Å²) in [4.78, 5) is 0. The number of phenolic OH excluding ortho intramolecular Hbond substituents is 1. The Balaban J connectivity index is 2.09. The van der Waals surface area contributed by atoms with E-state index in [1.807, 2.05) is 0 Å². The van der Waals surface area contributed by atoms with Crippen molar-refractivity contribution >= 4 is 12.2 Å². The molecule has 0 amide bonds. The summed E-state index contributed by atoms with van der Waals surface area (Å²) in [5.74, 6) is 7.01. The highest BCUT2D eigenvalue weighted by Gasteiger charge is 2.03. The van der Waals surface area contributed by atoms with Crippen LogP contribution < -0.4 is 16.0 Å². The van der Waals surface area contributed by atoms with E-state index >= 15 is 0 Å². The van der Waals surface area contributed by atoms with Gasteiger partial charge in [-0.1, -0.05) is 0 Å². The maximum atomic E-state index is 9.45. The van der Waals surface area contributed by atoms with Gasteiger partial charge in [0.15, 0.2) is 17.3 Å². The molecule has 8 nitrogen and oxygen atoms in total. The van der Waals surface area contributed by atoms with Gasteiger partial charge in [-0.3, -0.25) is 0 Å². The number of nitrogen functional groups attached to an aromatic ring is 1. The lowest BCUT2D eigenvalue weighted by molar-refractivity contribution is 0.373. The van der Waals surface area contributed by atoms with Gasteiger partial charge < -0.3 is 15.7 Å². The van der Waals surface area contributed by atoms with Crippen LogP contribution in [-0.4, -0.2) is 33.3 Å². The van der Waals surface area contributed by atoms with Gasteiger partial charge in [0.25, 0.3) is 5.95 Å². The first kappa shape index (κ1) is 12.7. The third-order valence-corrected chi connectivity index (χ3v) is 2.45. The summed E-state index contributed by atoms with van der Waals surface area (Å²) >= 11 is 0. The molecule has 2 rings (SSSR count). The molecule has 0 unspecified atom stereocenters. The number of nitrogens with zero attached hydrogens (tertiary/aromatic N) is 4. The fraction of sp³-hybridized carbons (Fsp3) is 0.182. The molecule has 0 fully saturated rings. The molecule has 0 spiro atoms. The number of hydrazone groups is 1. The monoisotopic (exact) mass is 262 g/mol. The van der Waals surface area contributed by atoms with Crippen molar-refractivity contribution in [2.45, 2.75) is 6.92 Å². The predicted octanol–water partition coefficient (Wildman–Crippen LogP) is 0.461. The van der Waals surface area contributed by atoms with Crippen molar-refractivity contribution in [1.29, 1.82) is 0 Å². The molecule has 1 heterocycles. The van der Waals surface area contributed by atoms with Gasteiger partial charge in [0, 0.05) is 0 Å². The minimum absolute atomic E-state index is 0.0740. The van der Waals surface area contributed by atoms with E-state index in [9.17, 15) is 5.11 Å². The van der Waals surface area contributed by atoms with Gasteiger partial charge >= 0.3 is 0 Å². The predicted molar refractivity (Wildman–Crippen MR) is 70.8 cm³/mol. The molecule has 8 heteroatoms. The largest absolute Gasteiger partial charge is 0.504 e. The van der Waals surface area contributed by atoms with Crippen LogP contribution in [0.25, 0.3) is 0 Å². The average Bonchev–Trinajstić information content (AvgIpc) is 2.72. The minimum atomic E-state index is 0.0740. The second kappa shape index (κ2) is 5.25. The number of nitrogens with two attached hydrogens (primary N) is 1. The van der Waals surface area contributed by atoms with Gasteiger partial charge in [0.1, 0.15) is 0 Å². The molecule has 0 radical (unpaired) electrons. The van der Waals surface area contributed by atoms with Crippen LogP contribution in [0.5, 0.6) is 11.5 Å². The van der Waals surface area contributed by atoms with Crippen molar-refractivity contribution in [3.63, 3.8) is 0 Å². The number of benzene rings is 1. The summed E-state index contributed by atoms with van der Waals surface area (Å²) in [5, 5.41) is 21.0. The van der Waals surface area contributed by atoms with Crippen LogP contribution >= 0.6 is 0 Å². The quantitative estimate of drug-likeness (QED) is 0.419. The molecule has 0 saturated heterocycles. The molecule has 1 aromatic heterocycles. The van der Waals surface area contributed by atoms with Gasteiger partial charge in [0.05, 0.1) is 13.3 Å². The second-order valence-corrected chi connectivity index (χ2v) is 3.74. The number of hydrogen-bond donors (Lipinski definition) is 3. The minimum Gasteiger partial charge on any atom is -0.504 e. The molecule has 0 atom stereocenters. The lowest BCUT2D eigenvalue weighted by atomic mass is 10.2. The molecule has 100 valence electrons. The maximum Gasteiger partial charge on any atom is 0.263 e. The molecule has 0 saturated carbocycles. The van der Waals surface area contributed by atoms with E-state index in [0.29, 0.717) is 17.5 Å². The van der Waals surface area contributed by atoms with E-state index in [1.165, 1.54) is 17.9 Å². The first-order chi connectivity index (χ1) is 9.11. The topological polar surface area (TPSA) is 111 Å². The fourth-order valence-electron chi connectivity index (χ4n) is 1.38. The highest BCUT2D eigenvalue weighted by molar-refractivity contribution is 5.81. The van der Waals surface area contributed by atoms with Crippen LogP contribution in [0, 0.1) is 6.92 Å². The molecule has 0 aliphatic rings. The molecule has 1 aromatic carbocycles. The summed E-state index contributed by atoms with van der Waals surface area (Å²) in [6.07, 6.45) is 1.55. The number of rotatable bonds is 4. The average molecular weight is 262 g/mol. The van der Waals surface area contributed by atoms with Gasteiger partial charge in [-0.05, 0) is 30.7 Å². The van der Waals surface area contributed by atoms with E-state index in [-0.39, 0.29) is 5.75 Å². The highest BCUT2D eigenvalue weighted by atomic mass is 16.5. The van der Waals surface area contributed by atoms with Crippen LogP contribution in [0.2, 0.25) is 0 Å². The summed E-state index contributed by atoms with van der Waals surface area (Å²) in [5.41, 5.74) is 3.42. The summed E-state index contributed by atoms with van der Waals surface area (Å²) < 4.78 is 6.28. The fourth-order valence-corrected chi connectivity index (χ4v) is 1.38. The van der Waals surface area contributed by atoms with E-state index in [2.05, 4.69) is 20.7 Å². The zero-order valence-corrected chi connectivity index (χ0v) is 10.5.